The SMILES string of the molecule is COc1ccc(OC(=O)OC(Cc2c(Cl)cncc2Cl)c2ccc(OC(F)F)c(OCC3CC3)c2)cc1N(CCN1CCOCC1)S(C)(=O)=O. The van der Waals surface area contributed by atoms with Gasteiger partial charge in [-0.25, -0.2) is 13.2 Å². The minimum Gasteiger partial charge on any atom is -0.495 e. The fourth-order valence-electron chi connectivity index (χ4n) is 5.26. The molecule has 0 radical (unpaired) electrons. The predicted octanol–water partition coefficient (Wildman–Crippen LogP) is 6.38. The zero-order chi connectivity index (χ0) is 35.8. The van der Waals surface area contributed by atoms with Gasteiger partial charge in [0.2, 0.25) is 10.0 Å². The maximum Gasteiger partial charge on any atom is 0.514 e. The van der Waals surface area contributed by atoms with Crippen molar-refractivity contribution < 1.29 is 50.4 Å². The monoisotopic (exact) mass is 759 g/mol. The molecule has 12 nitrogen and oxygen atoms in total. The van der Waals surface area contributed by atoms with E-state index < -0.39 is 28.9 Å². The van der Waals surface area contributed by atoms with E-state index in [0.29, 0.717) is 56.5 Å². The number of carbonyl (C=O) groups excluding carboxylic acids is 1. The van der Waals surface area contributed by atoms with Crippen molar-refractivity contribution in [2.75, 3.05) is 63.7 Å². The first-order valence-corrected chi connectivity index (χ1v) is 18.4. The van der Waals surface area contributed by atoms with Gasteiger partial charge in [0.1, 0.15) is 17.6 Å². The second kappa shape index (κ2) is 17.1. The van der Waals surface area contributed by atoms with Gasteiger partial charge in [-0.05, 0) is 54.2 Å². The van der Waals surface area contributed by atoms with E-state index in [1.807, 2.05) is 0 Å². The summed E-state index contributed by atoms with van der Waals surface area (Å²) in [6.07, 6.45) is 3.45. The number of ether oxygens (including phenoxy) is 6. The highest BCUT2D eigenvalue weighted by molar-refractivity contribution is 7.92. The Bertz CT molecular complexity index is 1730. The van der Waals surface area contributed by atoms with Gasteiger partial charge in [-0.1, -0.05) is 29.3 Å². The standard InChI is InChI=1S/C33H37Cl2F2N3O9S/c1-44-28-8-6-23(16-27(28)40(50(2,42)43)10-9-39-11-13-45-14-12-39)47-33(41)49-30(17-24-25(34)18-38-19-26(24)35)22-5-7-29(48-32(36)37)31(15-22)46-20-21-3-4-21/h5-8,15-16,18-19,21,30,32H,3-4,9-14,17,20H2,1-2H3. The van der Waals surface area contributed by atoms with Crippen LogP contribution in [0.1, 0.15) is 30.1 Å². The third-order valence-electron chi connectivity index (χ3n) is 8.05. The largest absolute Gasteiger partial charge is 0.514 e. The molecule has 1 saturated carbocycles. The molecular weight excluding hydrogens is 723 g/mol. The third-order valence-corrected chi connectivity index (χ3v) is 9.88. The average molecular weight is 761 g/mol. The summed E-state index contributed by atoms with van der Waals surface area (Å²) in [6, 6.07) is 8.47. The van der Waals surface area contributed by atoms with Gasteiger partial charge in [-0.15, -0.1) is 0 Å². The number of anilines is 1. The molecule has 0 amide bonds. The summed E-state index contributed by atoms with van der Waals surface area (Å²) in [6.45, 7) is 0.182. The number of rotatable bonds is 16. The van der Waals surface area contributed by atoms with Gasteiger partial charge >= 0.3 is 12.8 Å². The van der Waals surface area contributed by atoms with Gasteiger partial charge in [-0.3, -0.25) is 14.2 Å². The number of hydrogen-bond donors (Lipinski definition) is 0. The number of carbonyl (C=O) groups is 1. The number of alkyl halides is 2. The molecule has 0 bridgehead atoms. The topological polar surface area (TPSA) is 126 Å². The zero-order valence-corrected chi connectivity index (χ0v) is 29.7. The molecule has 1 atom stereocenters. The summed E-state index contributed by atoms with van der Waals surface area (Å²) >= 11 is 12.8. The van der Waals surface area contributed by atoms with Crippen LogP contribution in [-0.2, 0) is 25.9 Å². The van der Waals surface area contributed by atoms with E-state index in [-0.39, 0.29) is 51.7 Å². The molecule has 1 aliphatic heterocycles. The van der Waals surface area contributed by atoms with Crippen LogP contribution in [0.25, 0.3) is 0 Å². The quantitative estimate of drug-likeness (QED) is 0.119. The number of morpholine rings is 1. The summed E-state index contributed by atoms with van der Waals surface area (Å²) in [5.74, 6) is 0.380. The molecule has 5 rings (SSSR count). The number of nitrogens with zero attached hydrogens (tertiary/aromatic N) is 3. The molecule has 2 aromatic carbocycles. The van der Waals surface area contributed by atoms with Crippen LogP contribution in [0.3, 0.4) is 0 Å². The van der Waals surface area contributed by atoms with E-state index in [9.17, 15) is 22.0 Å². The van der Waals surface area contributed by atoms with Gasteiger partial charge in [0.15, 0.2) is 11.5 Å². The highest BCUT2D eigenvalue weighted by Crippen LogP contribution is 2.39. The lowest BCUT2D eigenvalue weighted by molar-refractivity contribution is -0.0515. The summed E-state index contributed by atoms with van der Waals surface area (Å²) in [4.78, 5) is 19.4. The van der Waals surface area contributed by atoms with Crippen molar-refractivity contribution in [2.45, 2.75) is 32.0 Å². The maximum absolute atomic E-state index is 13.4. The number of aromatic nitrogens is 1. The van der Waals surface area contributed by atoms with Crippen LogP contribution >= 0.6 is 23.2 Å². The minimum absolute atomic E-state index is 0.0290. The summed E-state index contributed by atoms with van der Waals surface area (Å²) in [5.41, 5.74) is 0.915. The number of hydrogen-bond acceptors (Lipinski definition) is 11. The molecular formula is C33H37Cl2F2N3O9S. The Labute approximate surface area is 299 Å². The zero-order valence-electron chi connectivity index (χ0n) is 27.4. The van der Waals surface area contributed by atoms with Gasteiger partial charge in [0.05, 0.1) is 48.9 Å². The van der Waals surface area contributed by atoms with Gasteiger partial charge in [-0.2, -0.15) is 8.78 Å². The van der Waals surface area contributed by atoms with Crippen molar-refractivity contribution in [2.24, 2.45) is 5.92 Å². The molecule has 1 saturated heterocycles. The van der Waals surface area contributed by atoms with E-state index in [4.69, 9.17) is 46.9 Å². The molecule has 2 fully saturated rings. The summed E-state index contributed by atoms with van der Waals surface area (Å²) in [5, 5.41) is 0.417. The fraction of sp³-hybridized carbons (Fsp3) is 0.455. The molecule has 1 aromatic heterocycles. The molecule has 2 aliphatic rings. The lowest BCUT2D eigenvalue weighted by Crippen LogP contribution is -2.43. The molecule has 50 heavy (non-hydrogen) atoms. The van der Waals surface area contributed by atoms with Crippen molar-refractivity contribution in [1.82, 2.24) is 9.88 Å². The van der Waals surface area contributed by atoms with Crippen molar-refractivity contribution in [3.05, 3.63) is 70.0 Å². The highest BCUT2D eigenvalue weighted by Gasteiger charge is 2.28. The molecule has 272 valence electrons. The Balaban J connectivity index is 1.41. The van der Waals surface area contributed by atoms with Crippen LogP contribution in [-0.4, -0.2) is 90.4 Å². The first kappa shape index (κ1) is 37.6. The van der Waals surface area contributed by atoms with Crippen LogP contribution in [0.15, 0.2) is 48.8 Å². The smallest absolute Gasteiger partial charge is 0.495 e. The van der Waals surface area contributed by atoms with E-state index >= 15 is 0 Å². The number of methoxy groups -OCH3 is 1. The second-order valence-corrected chi connectivity index (χ2v) is 14.4. The Morgan fingerprint density at radius 3 is 2.40 bits per heavy atom. The molecule has 1 aliphatic carbocycles. The molecule has 3 aromatic rings. The molecule has 0 N–H and O–H groups in total. The predicted molar refractivity (Wildman–Crippen MR) is 182 cm³/mol. The second-order valence-electron chi connectivity index (χ2n) is 11.7. The number of sulfonamides is 1. The van der Waals surface area contributed by atoms with Gasteiger partial charge in [0, 0.05) is 51.1 Å². The minimum atomic E-state index is -3.79. The lowest BCUT2D eigenvalue weighted by atomic mass is 10.0. The summed E-state index contributed by atoms with van der Waals surface area (Å²) < 4.78 is 86.1. The van der Waals surface area contributed by atoms with Crippen LogP contribution < -0.4 is 23.3 Å². The van der Waals surface area contributed by atoms with Gasteiger partial charge < -0.3 is 28.4 Å². The number of benzene rings is 2. The maximum atomic E-state index is 13.4. The normalized spacial score (nSPS) is 15.7. The Kier molecular flexibility index (Phi) is 12.8. The fourth-order valence-corrected chi connectivity index (χ4v) is 6.69. The number of pyridine rings is 1. The highest BCUT2D eigenvalue weighted by atomic mass is 35.5. The van der Waals surface area contributed by atoms with E-state index in [1.54, 1.807) is 0 Å². The van der Waals surface area contributed by atoms with Crippen LogP contribution in [0.4, 0.5) is 19.3 Å². The number of halogens is 4. The molecule has 0 spiro atoms. The molecule has 1 unspecified atom stereocenters. The van der Waals surface area contributed by atoms with Gasteiger partial charge in [0.25, 0.3) is 0 Å². The van der Waals surface area contributed by atoms with Crippen LogP contribution in [0.5, 0.6) is 23.0 Å². The van der Waals surface area contributed by atoms with E-state index in [1.165, 1.54) is 60.2 Å². The lowest BCUT2D eigenvalue weighted by Gasteiger charge is -2.30. The summed E-state index contributed by atoms with van der Waals surface area (Å²) in [7, 11) is -2.39. The third kappa shape index (κ3) is 10.4. The van der Waals surface area contributed by atoms with Crippen LogP contribution in [0.2, 0.25) is 10.0 Å². The van der Waals surface area contributed by atoms with Crippen LogP contribution in [0, 0.1) is 5.92 Å². The van der Waals surface area contributed by atoms with Crippen molar-refractivity contribution in [3.63, 3.8) is 0 Å². The Morgan fingerprint density at radius 2 is 1.76 bits per heavy atom. The Morgan fingerprint density at radius 1 is 1.06 bits per heavy atom. The van der Waals surface area contributed by atoms with E-state index in [0.717, 1.165) is 19.1 Å². The first-order valence-electron chi connectivity index (χ1n) is 15.7. The molecule has 17 heteroatoms. The van der Waals surface area contributed by atoms with E-state index in [2.05, 4.69) is 14.6 Å². The van der Waals surface area contributed by atoms with Crippen molar-refractivity contribution >= 4 is 45.1 Å². The average Bonchev–Trinajstić information content (AvgIpc) is 3.90. The first-order chi connectivity index (χ1) is 23.9. The Hall–Kier alpha value is -3.63. The van der Waals surface area contributed by atoms with Crippen molar-refractivity contribution in [3.8, 4) is 23.0 Å². The molecule has 2 heterocycles. The van der Waals surface area contributed by atoms with Crippen molar-refractivity contribution in [1.29, 1.82) is 0 Å².